The maximum absolute atomic E-state index is 13.5. The van der Waals surface area contributed by atoms with Crippen LogP contribution in [0, 0.1) is 17.3 Å². The van der Waals surface area contributed by atoms with E-state index in [1.54, 1.807) is 17.3 Å². The number of piperidine rings is 1. The summed E-state index contributed by atoms with van der Waals surface area (Å²) in [6.45, 7) is 3.37. The van der Waals surface area contributed by atoms with Gasteiger partial charge in [0, 0.05) is 51.1 Å². The van der Waals surface area contributed by atoms with Crippen LogP contribution >= 0.6 is 0 Å². The summed E-state index contributed by atoms with van der Waals surface area (Å²) in [6.07, 6.45) is 8.33. The van der Waals surface area contributed by atoms with Crippen molar-refractivity contribution in [2.75, 3.05) is 27.2 Å². The summed E-state index contributed by atoms with van der Waals surface area (Å²) < 4.78 is 0. The second-order valence-electron chi connectivity index (χ2n) is 9.12. The Morgan fingerprint density at radius 2 is 1.90 bits per heavy atom. The summed E-state index contributed by atoms with van der Waals surface area (Å²) >= 11 is 0. The van der Waals surface area contributed by atoms with E-state index in [-0.39, 0.29) is 17.7 Å². The fourth-order valence-electron chi connectivity index (χ4n) is 4.85. The summed E-state index contributed by atoms with van der Waals surface area (Å²) in [5.74, 6) is 0.937. The van der Waals surface area contributed by atoms with Gasteiger partial charge in [-0.05, 0) is 42.7 Å². The molecular weight excluding hydrogens is 376 g/mol. The van der Waals surface area contributed by atoms with Gasteiger partial charge in [-0.2, -0.15) is 0 Å². The Hall–Kier alpha value is -2.76. The van der Waals surface area contributed by atoms with E-state index in [2.05, 4.69) is 29.0 Å². The van der Waals surface area contributed by atoms with Gasteiger partial charge in [-0.25, -0.2) is 9.97 Å². The molecule has 4 rings (SSSR count). The number of hydrogen-bond donors (Lipinski definition) is 0. The lowest BCUT2D eigenvalue weighted by Crippen LogP contribution is -2.54. The van der Waals surface area contributed by atoms with E-state index in [9.17, 15) is 9.59 Å². The smallest absolute Gasteiger partial charge is 0.230 e. The predicted octanol–water partition coefficient (Wildman–Crippen LogP) is 3.04. The molecule has 1 aliphatic carbocycles. The largest absolute Gasteiger partial charge is 0.348 e. The lowest BCUT2D eigenvalue weighted by molar-refractivity contribution is -0.147. The van der Waals surface area contributed by atoms with E-state index in [0.717, 1.165) is 42.5 Å². The van der Waals surface area contributed by atoms with Gasteiger partial charge in [0.2, 0.25) is 11.8 Å². The predicted molar refractivity (Wildman–Crippen MR) is 115 cm³/mol. The number of hydrogen-bond acceptors (Lipinski definition) is 4. The van der Waals surface area contributed by atoms with Gasteiger partial charge in [0.1, 0.15) is 6.33 Å². The number of amides is 2. The summed E-state index contributed by atoms with van der Waals surface area (Å²) in [6, 6.07) is 8.14. The van der Waals surface area contributed by atoms with Crippen molar-refractivity contribution in [3.63, 3.8) is 0 Å². The molecule has 0 N–H and O–H groups in total. The van der Waals surface area contributed by atoms with Crippen LogP contribution in [0.5, 0.6) is 0 Å². The lowest BCUT2D eigenvalue weighted by Gasteiger charge is -2.43. The Bertz CT molecular complexity index is 930. The van der Waals surface area contributed by atoms with Crippen molar-refractivity contribution in [2.24, 2.45) is 17.3 Å². The summed E-state index contributed by atoms with van der Waals surface area (Å²) in [4.78, 5) is 38.4. The van der Waals surface area contributed by atoms with Crippen LogP contribution in [0.15, 0.2) is 43.0 Å². The van der Waals surface area contributed by atoms with Crippen molar-refractivity contribution in [2.45, 2.75) is 32.6 Å². The van der Waals surface area contributed by atoms with Crippen molar-refractivity contribution in [1.29, 1.82) is 0 Å². The molecule has 3 unspecified atom stereocenters. The lowest BCUT2D eigenvalue weighted by atomic mass is 9.73. The molecule has 2 heterocycles. The van der Waals surface area contributed by atoms with Crippen LogP contribution in [0.1, 0.15) is 31.7 Å². The van der Waals surface area contributed by atoms with Gasteiger partial charge in [-0.3, -0.25) is 9.59 Å². The highest BCUT2D eigenvalue weighted by Gasteiger charge is 2.48. The molecule has 1 aliphatic heterocycles. The van der Waals surface area contributed by atoms with Crippen LogP contribution in [0.2, 0.25) is 0 Å². The standard InChI is InChI=1S/C24H30N4O2/c1-17-11-21(17)22(29)28-10-6-9-24(15-28,23(30)27(2)3)12-18-7-4-5-8-20(18)19-13-25-16-26-14-19/h4-5,7-8,13-14,16-17,21H,6,9-12,15H2,1-3H3. The van der Waals surface area contributed by atoms with Crippen LogP contribution < -0.4 is 0 Å². The van der Waals surface area contributed by atoms with Gasteiger partial charge < -0.3 is 9.80 Å². The van der Waals surface area contributed by atoms with E-state index >= 15 is 0 Å². The monoisotopic (exact) mass is 406 g/mol. The third-order valence-corrected chi connectivity index (χ3v) is 6.59. The second-order valence-corrected chi connectivity index (χ2v) is 9.12. The molecule has 2 amide bonds. The highest BCUT2D eigenvalue weighted by atomic mass is 16.2. The minimum absolute atomic E-state index is 0.1000. The Balaban J connectivity index is 1.67. The fourth-order valence-corrected chi connectivity index (χ4v) is 4.85. The molecule has 3 atom stereocenters. The summed E-state index contributed by atoms with van der Waals surface area (Å²) in [5.41, 5.74) is 2.47. The van der Waals surface area contributed by atoms with Crippen molar-refractivity contribution in [3.8, 4) is 11.1 Å². The van der Waals surface area contributed by atoms with E-state index in [1.807, 2.05) is 31.1 Å². The number of benzene rings is 1. The summed E-state index contributed by atoms with van der Waals surface area (Å²) in [5, 5.41) is 0. The third kappa shape index (κ3) is 3.95. The molecule has 0 bridgehead atoms. The zero-order valence-electron chi connectivity index (χ0n) is 18.0. The van der Waals surface area contributed by atoms with Gasteiger partial charge in [0.25, 0.3) is 0 Å². The Morgan fingerprint density at radius 3 is 2.57 bits per heavy atom. The molecule has 2 aliphatic rings. The number of carbonyl (C=O) groups is 2. The quantitative estimate of drug-likeness (QED) is 0.766. The SMILES string of the molecule is CC1CC1C(=O)N1CCCC(Cc2ccccc2-c2cncnc2)(C(=O)N(C)C)C1. The Kier molecular flexibility index (Phi) is 5.58. The minimum Gasteiger partial charge on any atom is -0.348 e. The highest BCUT2D eigenvalue weighted by molar-refractivity contribution is 5.86. The molecule has 1 saturated carbocycles. The van der Waals surface area contributed by atoms with Crippen LogP contribution in [0.25, 0.3) is 11.1 Å². The molecule has 2 fully saturated rings. The fraction of sp³-hybridized carbons (Fsp3) is 0.500. The van der Waals surface area contributed by atoms with Crippen molar-refractivity contribution >= 4 is 11.8 Å². The zero-order chi connectivity index (χ0) is 21.3. The van der Waals surface area contributed by atoms with Crippen molar-refractivity contribution < 1.29 is 9.59 Å². The molecule has 1 aromatic heterocycles. The maximum atomic E-state index is 13.5. The number of carbonyl (C=O) groups excluding carboxylic acids is 2. The van der Waals surface area contributed by atoms with Crippen LogP contribution in [-0.2, 0) is 16.0 Å². The molecule has 0 radical (unpaired) electrons. The molecule has 1 aromatic carbocycles. The molecule has 158 valence electrons. The zero-order valence-corrected chi connectivity index (χ0v) is 18.0. The molecule has 1 saturated heterocycles. The first-order chi connectivity index (χ1) is 14.4. The van der Waals surface area contributed by atoms with Gasteiger partial charge in [0.15, 0.2) is 0 Å². The van der Waals surface area contributed by atoms with Crippen LogP contribution in [0.3, 0.4) is 0 Å². The Labute approximate surface area is 178 Å². The average Bonchev–Trinajstić information content (AvgIpc) is 3.50. The van der Waals surface area contributed by atoms with Gasteiger partial charge in [-0.15, -0.1) is 0 Å². The highest BCUT2D eigenvalue weighted by Crippen LogP contribution is 2.43. The number of nitrogens with zero attached hydrogens (tertiary/aromatic N) is 4. The molecule has 2 aromatic rings. The van der Waals surface area contributed by atoms with Gasteiger partial charge in [-0.1, -0.05) is 31.2 Å². The average molecular weight is 407 g/mol. The maximum Gasteiger partial charge on any atom is 0.230 e. The second kappa shape index (κ2) is 8.17. The van der Waals surface area contributed by atoms with E-state index in [4.69, 9.17) is 0 Å². The molecule has 6 heteroatoms. The summed E-state index contributed by atoms with van der Waals surface area (Å²) in [7, 11) is 3.62. The topological polar surface area (TPSA) is 66.4 Å². The molecule has 6 nitrogen and oxygen atoms in total. The first-order valence-corrected chi connectivity index (χ1v) is 10.7. The number of aromatic nitrogens is 2. The van der Waals surface area contributed by atoms with Crippen LogP contribution in [-0.4, -0.2) is 58.8 Å². The minimum atomic E-state index is -0.610. The molecule has 0 spiro atoms. The molecule has 30 heavy (non-hydrogen) atoms. The van der Waals surface area contributed by atoms with Crippen molar-refractivity contribution in [3.05, 3.63) is 48.5 Å². The normalized spacial score (nSPS) is 25.6. The van der Waals surface area contributed by atoms with E-state index in [0.29, 0.717) is 18.9 Å². The Morgan fingerprint density at radius 1 is 1.20 bits per heavy atom. The van der Waals surface area contributed by atoms with Crippen molar-refractivity contribution in [1.82, 2.24) is 19.8 Å². The van der Waals surface area contributed by atoms with Gasteiger partial charge >= 0.3 is 0 Å². The van der Waals surface area contributed by atoms with Crippen LogP contribution in [0.4, 0.5) is 0 Å². The number of likely N-dealkylation sites (tertiary alicyclic amines) is 1. The van der Waals surface area contributed by atoms with Gasteiger partial charge in [0.05, 0.1) is 5.41 Å². The third-order valence-electron chi connectivity index (χ3n) is 6.59. The van der Waals surface area contributed by atoms with E-state index in [1.165, 1.54) is 6.33 Å². The molecular formula is C24H30N4O2. The van der Waals surface area contributed by atoms with E-state index < -0.39 is 5.41 Å². The number of rotatable bonds is 5. The first kappa shape index (κ1) is 20.5. The first-order valence-electron chi connectivity index (χ1n) is 10.7.